The molecule has 0 atom stereocenters. The lowest BCUT2D eigenvalue weighted by Gasteiger charge is -2.17. The van der Waals surface area contributed by atoms with Gasteiger partial charge >= 0.3 is 11.9 Å². The van der Waals surface area contributed by atoms with Gasteiger partial charge in [0, 0.05) is 35.7 Å². The van der Waals surface area contributed by atoms with E-state index in [0.717, 1.165) is 21.8 Å². The molecule has 0 aromatic heterocycles. The summed E-state index contributed by atoms with van der Waals surface area (Å²) < 4.78 is 12.7. The Morgan fingerprint density at radius 3 is 1.55 bits per heavy atom. The molecule has 0 spiro atoms. The van der Waals surface area contributed by atoms with Crippen molar-refractivity contribution >= 4 is 85.4 Å². The van der Waals surface area contributed by atoms with Gasteiger partial charge in [0.25, 0.3) is 0 Å². The number of ether oxygens (including phenoxy) is 2. The van der Waals surface area contributed by atoms with Gasteiger partial charge in [0.05, 0.1) is 5.69 Å². The Kier molecular flexibility index (Phi) is 7.24. The van der Waals surface area contributed by atoms with E-state index in [1.165, 1.54) is 13.8 Å². The fourth-order valence-electron chi connectivity index (χ4n) is 1.40. The minimum Gasteiger partial charge on any atom is -0.461 e. The van der Waals surface area contributed by atoms with E-state index in [1.807, 2.05) is 0 Å². The first kappa shape index (κ1) is 18.2. The molecule has 0 fully saturated rings. The number of halogens is 3. The van der Waals surface area contributed by atoms with Crippen LogP contribution in [0.3, 0.4) is 0 Å². The molecule has 20 heavy (non-hydrogen) atoms. The summed E-state index contributed by atoms with van der Waals surface area (Å²) in [6.45, 7) is 3.02. The summed E-state index contributed by atoms with van der Waals surface area (Å²) in [5, 5.41) is 0. The van der Waals surface area contributed by atoms with Gasteiger partial charge in [-0.1, -0.05) is 0 Å². The topological polar surface area (TPSA) is 78.6 Å². The van der Waals surface area contributed by atoms with Crippen molar-refractivity contribution in [3.8, 4) is 0 Å². The molecule has 0 saturated carbocycles. The molecule has 0 aliphatic carbocycles. The molecular formula is C12H12I3NO4. The predicted molar refractivity (Wildman–Crippen MR) is 99.9 cm³/mol. The molecule has 8 heteroatoms. The number of rotatable bonds is 4. The summed E-state index contributed by atoms with van der Waals surface area (Å²) in [6, 6.07) is 0. The summed E-state index contributed by atoms with van der Waals surface area (Å²) in [5.74, 6) is -0.703. The maximum Gasteiger partial charge on any atom is 0.302 e. The number of hydrogen-bond acceptors (Lipinski definition) is 5. The lowest BCUT2D eigenvalue weighted by molar-refractivity contribution is -0.143. The number of anilines is 1. The van der Waals surface area contributed by atoms with Crippen LogP contribution in [-0.2, 0) is 32.3 Å². The third-order valence-electron chi connectivity index (χ3n) is 2.37. The SMILES string of the molecule is CC(=O)OCc1c(I)c(N)c(I)c(COC(C)=O)c1I. The van der Waals surface area contributed by atoms with Gasteiger partial charge in [-0.3, -0.25) is 9.59 Å². The number of carbonyl (C=O) groups excluding carboxylic acids is 2. The average Bonchev–Trinajstić information content (AvgIpc) is 2.35. The molecule has 0 aliphatic rings. The van der Waals surface area contributed by atoms with Gasteiger partial charge in [0.1, 0.15) is 13.2 Å². The van der Waals surface area contributed by atoms with Crippen LogP contribution in [0.25, 0.3) is 0 Å². The highest BCUT2D eigenvalue weighted by Gasteiger charge is 2.19. The number of nitrogen functional groups attached to an aromatic ring is 1. The van der Waals surface area contributed by atoms with Crippen molar-refractivity contribution in [1.82, 2.24) is 0 Å². The number of esters is 2. The normalized spacial score (nSPS) is 10.2. The molecular weight excluding hydrogens is 603 g/mol. The van der Waals surface area contributed by atoms with Gasteiger partial charge < -0.3 is 15.2 Å². The molecule has 0 aliphatic heterocycles. The first-order valence-corrected chi connectivity index (χ1v) is 8.69. The fourth-order valence-corrected chi connectivity index (χ4v) is 5.19. The van der Waals surface area contributed by atoms with Gasteiger partial charge in [0.15, 0.2) is 0 Å². The van der Waals surface area contributed by atoms with Gasteiger partial charge in [-0.15, -0.1) is 0 Å². The lowest BCUT2D eigenvalue weighted by atomic mass is 10.1. The van der Waals surface area contributed by atoms with E-state index in [0.29, 0.717) is 5.69 Å². The van der Waals surface area contributed by atoms with Crippen LogP contribution in [0.15, 0.2) is 0 Å². The second-order valence-electron chi connectivity index (χ2n) is 3.87. The summed E-state index contributed by atoms with van der Waals surface area (Å²) in [4.78, 5) is 21.9. The van der Waals surface area contributed by atoms with Crippen LogP contribution >= 0.6 is 67.8 Å². The van der Waals surface area contributed by atoms with Gasteiger partial charge in [-0.25, -0.2) is 0 Å². The Morgan fingerprint density at radius 1 is 0.900 bits per heavy atom. The minimum absolute atomic E-state index is 0.153. The van der Waals surface area contributed by atoms with Crippen molar-refractivity contribution in [2.45, 2.75) is 27.1 Å². The highest BCUT2D eigenvalue weighted by molar-refractivity contribution is 14.1. The number of nitrogens with two attached hydrogens (primary N) is 1. The molecule has 1 aromatic carbocycles. The first-order valence-electron chi connectivity index (χ1n) is 5.46. The monoisotopic (exact) mass is 615 g/mol. The maximum atomic E-state index is 11.0. The van der Waals surface area contributed by atoms with Crippen LogP contribution in [0.1, 0.15) is 25.0 Å². The molecule has 0 heterocycles. The summed E-state index contributed by atoms with van der Waals surface area (Å²) in [7, 11) is 0. The highest BCUT2D eigenvalue weighted by atomic mass is 127. The van der Waals surface area contributed by atoms with Crippen LogP contribution in [0, 0.1) is 10.7 Å². The second kappa shape index (κ2) is 7.96. The zero-order valence-corrected chi connectivity index (χ0v) is 17.2. The van der Waals surface area contributed by atoms with E-state index < -0.39 is 0 Å². The third kappa shape index (κ3) is 4.58. The molecule has 0 bridgehead atoms. The van der Waals surface area contributed by atoms with Crippen molar-refractivity contribution in [3.63, 3.8) is 0 Å². The molecule has 0 radical (unpaired) electrons. The van der Waals surface area contributed by atoms with E-state index in [1.54, 1.807) is 0 Å². The first-order chi connectivity index (χ1) is 9.25. The number of carbonyl (C=O) groups is 2. The second-order valence-corrected chi connectivity index (χ2v) is 7.11. The fraction of sp³-hybridized carbons (Fsp3) is 0.333. The van der Waals surface area contributed by atoms with Crippen molar-refractivity contribution in [3.05, 3.63) is 21.8 Å². The van der Waals surface area contributed by atoms with Gasteiger partial charge in [-0.05, 0) is 67.8 Å². The Morgan fingerprint density at radius 2 is 1.25 bits per heavy atom. The summed E-state index contributed by atoms with van der Waals surface area (Å²) in [5.41, 5.74) is 8.34. The minimum atomic E-state index is -0.352. The molecule has 1 rings (SSSR count). The van der Waals surface area contributed by atoms with E-state index >= 15 is 0 Å². The maximum absolute atomic E-state index is 11.0. The molecule has 5 nitrogen and oxygen atoms in total. The van der Waals surface area contributed by atoms with Crippen LogP contribution in [0.4, 0.5) is 5.69 Å². The Hall–Kier alpha value is 0.150. The van der Waals surface area contributed by atoms with Crippen molar-refractivity contribution in [2.75, 3.05) is 5.73 Å². The Labute approximate surface area is 157 Å². The summed E-state index contributed by atoms with van der Waals surface area (Å²) in [6.07, 6.45) is 0. The third-order valence-corrected chi connectivity index (χ3v) is 6.14. The highest BCUT2D eigenvalue weighted by Crippen LogP contribution is 2.34. The standard InChI is InChI=1S/C12H12I3NO4/c1-5(17)19-3-7-9(13)8(4-20-6(2)18)11(15)12(16)10(7)14/h3-4,16H2,1-2H3. The number of hydrogen-bond donors (Lipinski definition) is 1. The van der Waals surface area contributed by atoms with Crippen molar-refractivity contribution in [2.24, 2.45) is 0 Å². The van der Waals surface area contributed by atoms with Crippen LogP contribution in [-0.4, -0.2) is 11.9 Å². The lowest BCUT2D eigenvalue weighted by Crippen LogP contribution is -2.12. The van der Waals surface area contributed by atoms with Crippen LogP contribution in [0.5, 0.6) is 0 Å². The largest absolute Gasteiger partial charge is 0.461 e. The van der Waals surface area contributed by atoms with E-state index in [2.05, 4.69) is 67.8 Å². The van der Waals surface area contributed by atoms with E-state index in [9.17, 15) is 9.59 Å². The smallest absolute Gasteiger partial charge is 0.302 e. The molecule has 110 valence electrons. The van der Waals surface area contributed by atoms with E-state index in [-0.39, 0.29) is 25.2 Å². The predicted octanol–water partition coefficient (Wildman–Crippen LogP) is 3.21. The van der Waals surface area contributed by atoms with Gasteiger partial charge in [0.2, 0.25) is 0 Å². The Balaban J connectivity index is 3.23. The molecule has 0 saturated heterocycles. The van der Waals surface area contributed by atoms with E-state index in [4.69, 9.17) is 15.2 Å². The van der Waals surface area contributed by atoms with Crippen LogP contribution in [0.2, 0.25) is 0 Å². The quantitative estimate of drug-likeness (QED) is 0.320. The van der Waals surface area contributed by atoms with Crippen molar-refractivity contribution < 1.29 is 19.1 Å². The van der Waals surface area contributed by atoms with Crippen molar-refractivity contribution in [1.29, 1.82) is 0 Å². The average molecular weight is 615 g/mol. The summed E-state index contributed by atoms with van der Waals surface area (Å²) >= 11 is 6.41. The van der Waals surface area contributed by atoms with Gasteiger partial charge in [-0.2, -0.15) is 0 Å². The molecule has 2 N–H and O–H groups in total. The zero-order valence-electron chi connectivity index (χ0n) is 10.8. The van der Waals surface area contributed by atoms with Crippen LogP contribution < -0.4 is 5.73 Å². The molecule has 0 unspecified atom stereocenters. The number of benzene rings is 1. The zero-order chi connectivity index (χ0) is 15.4. The molecule has 0 amide bonds. The Bertz CT molecular complexity index is 515. The molecule has 1 aromatic rings.